The van der Waals surface area contributed by atoms with E-state index in [1.54, 1.807) is 0 Å². The zero-order valence-corrected chi connectivity index (χ0v) is 15.7. The lowest BCUT2D eigenvalue weighted by Crippen LogP contribution is -2.42. The van der Waals surface area contributed by atoms with Crippen molar-refractivity contribution in [3.8, 4) is 0 Å². The van der Waals surface area contributed by atoms with Crippen LogP contribution in [0, 0.1) is 5.92 Å². The summed E-state index contributed by atoms with van der Waals surface area (Å²) in [5.41, 5.74) is 2.18. The van der Waals surface area contributed by atoms with E-state index in [0.29, 0.717) is 5.92 Å². The molecular weight excluding hydrogens is 308 g/mol. The lowest BCUT2D eigenvalue weighted by atomic mass is 9.84. The zero-order chi connectivity index (χ0) is 17.5. The van der Waals surface area contributed by atoms with Gasteiger partial charge in [0.05, 0.1) is 0 Å². The number of rotatable bonds is 7. The van der Waals surface area contributed by atoms with Gasteiger partial charge in [-0.05, 0) is 55.8 Å². The van der Waals surface area contributed by atoms with Crippen molar-refractivity contribution in [2.24, 2.45) is 5.92 Å². The van der Waals surface area contributed by atoms with Crippen LogP contribution in [-0.4, -0.2) is 25.5 Å². The minimum absolute atomic E-state index is 0.0934. The molecule has 1 aromatic rings. The van der Waals surface area contributed by atoms with E-state index >= 15 is 0 Å². The topological polar surface area (TPSA) is 41.1 Å². The molecule has 2 saturated carbocycles. The van der Waals surface area contributed by atoms with Crippen molar-refractivity contribution >= 4 is 5.91 Å². The van der Waals surface area contributed by atoms with Gasteiger partial charge in [0.1, 0.15) is 0 Å². The molecule has 2 fully saturated rings. The van der Waals surface area contributed by atoms with Crippen LogP contribution >= 0.6 is 0 Å². The third-order valence-corrected chi connectivity index (χ3v) is 6.10. The van der Waals surface area contributed by atoms with Crippen molar-refractivity contribution in [2.75, 3.05) is 13.6 Å². The normalized spacial score (nSPS) is 20.5. The van der Waals surface area contributed by atoms with E-state index in [0.717, 1.165) is 24.4 Å². The molecule has 1 aromatic carbocycles. The fraction of sp³-hybridized carbons (Fsp3) is 0.682. The molecule has 0 radical (unpaired) electrons. The second-order valence-electron chi connectivity index (χ2n) is 8.07. The Kier molecular flexibility index (Phi) is 6.92. The van der Waals surface area contributed by atoms with E-state index in [2.05, 4.69) is 28.8 Å². The Hall–Kier alpha value is -1.35. The molecule has 0 heterocycles. The van der Waals surface area contributed by atoms with Gasteiger partial charge in [-0.3, -0.25) is 4.79 Å². The minimum atomic E-state index is 0.0934. The Bertz CT molecular complexity index is 545. The highest BCUT2D eigenvalue weighted by Crippen LogP contribution is 2.34. The first-order chi connectivity index (χ1) is 12.3. The summed E-state index contributed by atoms with van der Waals surface area (Å²) in [6.45, 7) is 0.852. The van der Waals surface area contributed by atoms with Crippen molar-refractivity contribution in [3.63, 3.8) is 0 Å². The maximum Gasteiger partial charge on any atom is 0.251 e. The third kappa shape index (κ3) is 5.31. The molecule has 0 spiro atoms. The van der Waals surface area contributed by atoms with Crippen molar-refractivity contribution in [1.82, 2.24) is 10.6 Å². The number of carbonyl (C=O) groups excluding carboxylic acids is 1. The predicted octanol–water partition coefficient (Wildman–Crippen LogP) is 4.63. The van der Waals surface area contributed by atoms with Gasteiger partial charge < -0.3 is 10.6 Å². The summed E-state index contributed by atoms with van der Waals surface area (Å²) in [7, 11) is 1.97. The number of amides is 1. The zero-order valence-electron chi connectivity index (χ0n) is 15.7. The van der Waals surface area contributed by atoms with Gasteiger partial charge in [-0.1, -0.05) is 57.1 Å². The van der Waals surface area contributed by atoms with E-state index in [1.165, 1.54) is 63.4 Å². The molecule has 2 N–H and O–H groups in total. The number of hydrogen-bond acceptors (Lipinski definition) is 2. The molecule has 0 saturated heterocycles. The summed E-state index contributed by atoms with van der Waals surface area (Å²) in [5, 5.41) is 6.55. The van der Waals surface area contributed by atoms with Crippen LogP contribution in [-0.2, 0) is 0 Å². The summed E-state index contributed by atoms with van der Waals surface area (Å²) in [6.07, 6.45) is 13.1. The highest BCUT2D eigenvalue weighted by atomic mass is 16.1. The van der Waals surface area contributed by atoms with Crippen LogP contribution in [0.15, 0.2) is 24.3 Å². The van der Waals surface area contributed by atoms with Gasteiger partial charge in [-0.2, -0.15) is 0 Å². The SMILES string of the molecule is CNC[C@H](CC1CCCCC1)NC(=O)c1cccc(C2CCCC2)c1. The highest BCUT2D eigenvalue weighted by molar-refractivity contribution is 5.94. The minimum Gasteiger partial charge on any atom is -0.348 e. The van der Waals surface area contributed by atoms with Gasteiger partial charge >= 0.3 is 0 Å². The monoisotopic (exact) mass is 342 g/mol. The van der Waals surface area contributed by atoms with Crippen LogP contribution < -0.4 is 10.6 Å². The molecule has 1 atom stereocenters. The molecule has 2 aliphatic carbocycles. The molecule has 3 heteroatoms. The number of benzene rings is 1. The van der Waals surface area contributed by atoms with Gasteiger partial charge in [-0.25, -0.2) is 0 Å². The number of nitrogens with one attached hydrogen (secondary N) is 2. The molecule has 0 bridgehead atoms. The number of carbonyl (C=O) groups is 1. The first-order valence-electron chi connectivity index (χ1n) is 10.3. The average Bonchev–Trinajstić information content (AvgIpc) is 3.17. The molecule has 2 aliphatic rings. The first kappa shape index (κ1) is 18.4. The van der Waals surface area contributed by atoms with Crippen LogP contribution in [0.1, 0.15) is 86.0 Å². The van der Waals surface area contributed by atoms with Crippen LogP contribution in [0.5, 0.6) is 0 Å². The lowest BCUT2D eigenvalue weighted by molar-refractivity contribution is 0.0928. The summed E-state index contributed by atoms with van der Waals surface area (Å²) in [5.74, 6) is 1.52. The van der Waals surface area contributed by atoms with Crippen LogP contribution in [0.2, 0.25) is 0 Å². The second-order valence-corrected chi connectivity index (χ2v) is 8.07. The van der Waals surface area contributed by atoms with Crippen molar-refractivity contribution in [3.05, 3.63) is 35.4 Å². The Balaban J connectivity index is 1.61. The molecule has 25 heavy (non-hydrogen) atoms. The summed E-state index contributed by atoms with van der Waals surface area (Å²) in [6, 6.07) is 8.57. The Morgan fingerprint density at radius 3 is 2.52 bits per heavy atom. The van der Waals surface area contributed by atoms with E-state index < -0.39 is 0 Å². The first-order valence-corrected chi connectivity index (χ1v) is 10.3. The molecule has 138 valence electrons. The molecule has 0 aromatic heterocycles. The summed E-state index contributed by atoms with van der Waals surface area (Å²) >= 11 is 0. The van der Waals surface area contributed by atoms with Gasteiger partial charge in [0, 0.05) is 18.2 Å². The van der Waals surface area contributed by atoms with Crippen LogP contribution in [0.3, 0.4) is 0 Å². The van der Waals surface area contributed by atoms with Crippen LogP contribution in [0.4, 0.5) is 0 Å². The molecule has 0 aliphatic heterocycles. The highest BCUT2D eigenvalue weighted by Gasteiger charge is 2.22. The Labute approximate surface area is 153 Å². The third-order valence-electron chi connectivity index (χ3n) is 6.10. The maximum atomic E-state index is 12.8. The fourth-order valence-electron chi connectivity index (χ4n) is 4.73. The van der Waals surface area contributed by atoms with Crippen LogP contribution in [0.25, 0.3) is 0 Å². The maximum absolute atomic E-state index is 12.8. The molecule has 0 unspecified atom stereocenters. The standard InChI is InChI=1S/C22H34N2O/c1-23-16-21(14-17-8-3-2-4-9-17)24-22(25)20-13-7-12-19(15-20)18-10-5-6-11-18/h7,12-13,15,17-18,21,23H,2-6,8-11,14,16H2,1H3,(H,24,25)/t21-/m0/s1. The molecule has 3 nitrogen and oxygen atoms in total. The molecule has 3 rings (SSSR count). The Morgan fingerprint density at radius 1 is 1.08 bits per heavy atom. The lowest BCUT2D eigenvalue weighted by Gasteiger charge is -2.27. The van der Waals surface area contributed by atoms with Crippen molar-refractivity contribution < 1.29 is 4.79 Å². The molecule has 1 amide bonds. The fourth-order valence-corrected chi connectivity index (χ4v) is 4.73. The van der Waals surface area contributed by atoms with Crippen molar-refractivity contribution in [1.29, 1.82) is 0 Å². The average molecular weight is 343 g/mol. The van der Waals surface area contributed by atoms with Gasteiger partial charge in [-0.15, -0.1) is 0 Å². The van der Waals surface area contributed by atoms with E-state index in [4.69, 9.17) is 0 Å². The molecular formula is C22H34N2O. The smallest absolute Gasteiger partial charge is 0.251 e. The van der Waals surface area contributed by atoms with Gasteiger partial charge in [0.25, 0.3) is 5.91 Å². The summed E-state index contributed by atoms with van der Waals surface area (Å²) in [4.78, 5) is 12.8. The van der Waals surface area contributed by atoms with Crippen molar-refractivity contribution in [2.45, 2.75) is 76.2 Å². The van der Waals surface area contributed by atoms with Gasteiger partial charge in [0.15, 0.2) is 0 Å². The van der Waals surface area contributed by atoms with E-state index in [1.807, 2.05) is 13.1 Å². The summed E-state index contributed by atoms with van der Waals surface area (Å²) < 4.78 is 0. The Morgan fingerprint density at radius 2 is 1.80 bits per heavy atom. The second kappa shape index (κ2) is 9.38. The van der Waals surface area contributed by atoms with E-state index in [-0.39, 0.29) is 11.9 Å². The number of likely N-dealkylation sites (N-methyl/N-ethyl adjacent to an activating group) is 1. The number of hydrogen-bond donors (Lipinski definition) is 2. The quantitative estimate of drug-likeness (QED) is 0.758. The largest absolute Gasteiger partial charge is 0.348 e. The van der Waals surface area contributed by atoms with Gasteiger partial charge in [0.2, 0.25) is 0 Å². The predicted molar refractivity (Wildman–Crippen MR) is 104 cm³/mol. The van der Waals surface area contributed by atoms with E-state index in [9.17, 15) is 4.79 Å².